The molecular formula is C21H19N5O3. The molecule has 5 aromatic rings. The summed E-state index contributed by atoms with van der Waals surface area (Å²) < 4.78 is 9.77. The predicted octanol–water partition coefficient (Wildman–Crippen LogP) is 3.43. The molecule has 6 rings (SSSR count). The first kappa shape index (κ1) is 16.4. The Hall–Kier alpha value is -3.55. The van der Waals surface area contributed by atoms with Crippen LogP contribution in [0.15, 0.2) is 44.6 Å². The fourth-order valence-electron chi connectivity index (χ4n) is 4.67. The van der Waals surface area contributed by atoms with E-state index in [4.69, 9.17) is 4.42 Å². The standard InChI is InChI=1S/C21H19N5O3/c1-25-10-11(9-22-25)16-17-20(26(24-21(17)28)12-4-2-3-5-12)23-18-14-7-6-13(27)8-15(14)29-19(16)18/h6-10,12,23H,2-5H2,1H3,(H,24,28). The molecule has 1 aliphatic rings. The van der Waals surface area contributed by atoms with Gasteiger partial charge in [0.15, 0.2) is 11.0 Å². The summed E-state index contributed by atoms with van der Waals surface area (Å²) in [6.07, 6.45) is 7.99. The van der Waals surface area contributed by atoms with E-state index in [9.17, 15) is 9.59 Å². The van der Waals surface area contributed by atoms with Crippen LogP contribution in [-0.2, 0) is 7.05 Å². The van der Waals surface area contributed by atoms with Gasteiger partial charge in [0.25, 0.3) is 5.56 Å². The normalized spacial score (nSPS) is 15.3. The number of hydrogen-bond acceptors (Lipinski definition) is 4. The maximum absolute atomic E-state index is 13.1. The van der Waals surface area contributed by atoms with Gasteiger partial charge >= 0.3 is 0 Å². The number of pyridine rings is 1. The van der Waals surface area contributed by atoms with Gasteiger partial charge in [0, 0.05) is 35.8 Å². The average molecular weight is 389 g/mol. The summed E-state index contributed by atoms with van der Waals surface area (Å²) in [5.41, 5.74) is 3.81. The van der Waals surface area contributed by atoms with E-state index in [1.807, 2.05) is 17.9 Å². The van der Waals surface area contributed by atoms with E-state index < -0.39 is 0 Å². The van der Waals surface area contributed by atoms with Crippen molar-refractivity contribution < 1.29 is 4.42 Å². The third-order valence-electron chi connectivity index (χ3n) is 5.99. The number of furan rings is 1. The minimum atomic E-state index is -0.158. The minimum absolute atomic E-state index is 0.114. The van der Waals surface area contributed by atoms with Crippen LogP contribution < -0.4 is 11.0 Å². The molecule has 0 spiro atoms. The van der Waals surface area contributed by atoms with Crippen LogP contribution in [0.25, 0.3) is 44.2 Å². The first-order valence-corrected chi connectivity index (χ1v) is 9.82. The topological polar surface area (TPSA) is 102 Å². The molecule has 0 atom stereocenters. The van der Waals surface area contributed by atoms with Crippen molar-refractivity contribution in [2.45, 2.75) is 31.7 Å². The lowest BCUT2D eigenvalue weighted by atomic mass is 10.1. The van der Waals surface area contributed by atoms with E-state index in [1.54, 1.807) is 16.9 Å². The smallest absolute Gasteiger partial charge is 0.274 e. The highest BCUT2D eigenvalue weighted by atomic mass is 16.3. The third kappa shape index (κ3) is 2.28. The van der Waals surface area contributed by atoms with E-state index in [-0.39, 0.29) is 17.0 Å². The Morgan fingerprint density at radius 1 is 1.21 bits per heavy atom. The first-order chi connectivity index (χ1) is 14.1. The number of aryl methyl sites for hydroxylation is 1. The molecular weight excluding hydrogens is 370 g/mol. The molecule has 146 valence electrons. The van der Waals surface area contributed by atoms with Crippen LogP contribution in [0, 0.1) is 0 Å². The highest BCUT2D eigenvalue weighted by Gasteiger charge is 2.26. The Bertz CT molecular complexity index is 1520. The SMILES string of the molecule is Cn1cc(-c2c3oc4cc(=O)ccc4c3[nH]c3c2c(=O)[nH]n3C2CCCC2)cn1. The Morgan fingerprint density at radius 3 is 2.79 bits per heavy atom. The van der Waals surface area contributed by atoms with Gasteiger partial charge in [-0.05, 0) is 25.0 Å². The lowest BCUT2D eigenvalue weighted by molar-refractivity contribution is 0.476. The number of nitrogens with one attached hydrogen (secondary N) is 2. The molecule has 4 heterocycles. The Balaban J connectivity index is 1.82. The van der Waals surface area contributed by atoms with Crippen LogP contribution in [0.3, 0.4) is 0 Å². The van der Waals surface area contributed by atoms with Gasteiger partial charge in [0.2, 0.25) is 0 Å². The summed E-state index contributed by atoms with van der Waals surface area (Å²) >= 11 is 0. The van der Waals surface area contributed by atoms with Gasteiger partial charge < -0.3 is 9.40 Å². The monoisotopic (exact) mass is 389 g/mol. The number of aromatic amines is 2. The van der Waals surface area contributed by atoms with Crippen LogP contribution in [0.5, 0.6) is 0 Å². The summed E-state index contributed by atoms with van der Waals surface area (Å²) in [4.78, 5) is 28.3. The van der Waals surface area contributed by atoms with Gasteiger partial charge in [0.05, 0.1) is 23.1 Å². The lowest BCUT2D eigenvalue weighted by Crippen LogP contribution is -2.10. The Labute approximate surface area is 163 Å². The molecule has 1 aliphatic carbocycles. The van der Waals surface area contributed by atoms with Gasteiger partial charge in [-0.2, -0.15) is 5.10 Å². The van der Waals surface area contributed by atoms with Crippen LogP contribution in [-0.4, -0.2) is 24.5 Å². The summed E-state index contributed by atoms with van der Waals surface area (Å²) in [6.45, 7) is 0. The van der Waals surface area contributed by atoms with Crippen molar-refractivity contribution in [1.82, 2.24) is 24.5 Å². The van der Waals surface area contributed by atoms with Crippen LogP contribution in [0.2, 0.25) is 0 Å². The maximum Gasteiger partial charge on any atom is 0.274 e. The number of aromatic nitrogens is 5. The molecule has 2 N–H and O–H groups in total. The Kier molecular flexibility index (Phi) is 3.24. The number of nitrogens with zero attached hydrogens (tertiary/aromatic N) is 3. The average Bonchev–Trinajstić information content (AvgIpc) is 3.46. The largest absolute Gasteiger partial charge is 0.454 e. The van der Waals surface area contributed by atoms with E-state index >= 15 is 0 Å². The lowest BCUT2D eigenvalue weighted by Gasteiger charge is -2.12. The molecule has 1 fully saturated rings. The van der Waals surface area contributed by atoms with E-state index in [0.717, 1.165) is 47.8 Å². The molecule has 29 heavy (non-hydrogen) atoms. The molecule has 0 radical (unpaired) electrons. The van der Waals surface area contributed by atoms with Gasteiger partial charge in [-0.25, -0.2) is 0 Å². The van der Waals surface area contributed by atoms with Gasteiger partial charge in [-0.3, -0.25) is 24.1 Å². The molecule has 0 bridgehead atoms. The molecule has 0 aliphatic heterocycles. The molecule has 1 saturated carbocycles. The van der Waals surface area contributed by atoms with Crippen molar-refractivity contribution in [3.63, 3.8) is 0 Å². The highest BCUT2D eigenvalue weighted by molar-refractivity contribution is 6.14. The fourth-order valence-corrected chi connectivity index (χ4v) is 4.67. The second kappa shape index (κ2) is 5.73. The van der Waals surface area contributed by atoms with Crippen LogP contribution >= 0.6 is 0 Å². The van der Waals surface area contributed by atoms with Crippen molar-refractivity contribution >= 4 is 33.1 Å². The molecule has 0 amide bonds. The zero-order valence-electron chi connectivity index (χ0n) is 15.9. The Morgan fingerprint density at radius 2 is 2.03 bits per heavy atom. The fraction of sp³-hybridized carbons (Fsp3) is 0.286. The number of fused-ring (bicyclic) bond motifs is 4. The number of rotatable bonds is 2. The molecule has 1 aromatic carbocycles. The van der Waals surface area contributed by atoms with E-state index in [2.05, 4.69) is 15.2 Å². The highest BCUT2D eigenvalue weighted by Crippen LogP contribution is 2.39. The summed E-state index contributed by atoms with van der Waals surface area (Å²) in [7, 11) is 1.84. The second-order valence-corrected chi connectivity index (χ2v) is 7.84. The molecule has 0 unspecified atom stereocenters. The van der Waals surface area contributed by atoms with Crippen molar-refractivity contribution in [2.75, 3.05) is 0 Å². The van der Waals surface area contributed by atoms with Crippen molar-refractivity contribution in [3.8, 4) is 11.1 Å². The van der Waals surface area contributed by atoms with Gasteiger partial charge in [-0.1, -0.05) is 12.8 Å². The van der Waals surface area contributed by atoms with E-state index in [0.29, 0.717) is 22.1 Å². The predicted molar refractivity (Wildman–Crippen MR) is 110 cm³/mol. The maximum atomic E-state index is 13.1. The summed E-state index contributed by atoms with van der Waals surface area (Å²) in [5, 5.41) is 8.70. The summed E-state index contributed by atoms with van der Waals surface area (Å²) in [6, 6.07) is 5.04. The quantitative estimate of drug-likeness (QED) is 0.483. The number of hydrogen-bond donors (Lipinski definition) is 2. The van der Waals surface area contributed by atoms with Crippen LogP contribution in [0.1, 0.15) is 31.7 Å². The number of H-pyrrole nitrogens is 2. The second-order valence-electron chi connectivity index (χ2n) is 7.84. The van der Waals surface area contributed by atoms with Crippen molar-refractivity contribution in [2.24, 2.45) is 7.05 Å². The van der Waals surface area contributed by atoms with Crippen molar-refractivity contribution in [3.05, 3.63) is 51.2 Å². The zero-order chi connectivity index (χ0) is 19.7. The molecule has 4 aromatic heterocycles. The van der Waals surface area contributed by atoms with E-state index in [1.165, 1.54) is 12.1 Å². The molecule has 8 nitrogen and oxygen atoms in total. The van der Waals surface area contributed by atoms with Crippen molar-refractivity contribution in [1.29, 1.82) is 0 Å². The van der Waals surface area contributed by atoms with Gasteiger partial charge in [0.1, 0.15) is 11.2 Å². The summed E-state index contributed by atoms with van der Waals surface area (Å²) in [5.74, 6) is 0. The zero-order valence-corrected chi connectivity index (χ0v) is 15.9. The number of benzene rings is 1. The van der Waals surface area contributed by atoms with Crippen LogP contribution in [0.4, 0.5) is 0 Å². The van der Waals surface area contributed by atoms with Gasteiger partial charge in [-0.15, -0.1) is 0 Å². The third-order valence-corrected chi connectivity index (χ3v) is 5.99. The first-order valence-electron chi connectivity index (χ1n) is 9.82. The molecule has 8 heteroatoms. The minimum Gasteiger partial charge on any atom is -0.454 e. The molecule has 0 saturated heterocycles.